The summed E-state index contributed by atoms with van der Waals surface area (Å²) in [6, 6.07) is 6.70. The SMILES string of the molecule is CS(=O)(=O)c1ccc(CNC(=O)C[C@@H]2CCC[C@H]2N)cc1.Cl. The van der Waals surface area contributed by atoms with Crippen molar-refractivity contribution < 1.29 is 13.2 Å². The van der Waals surface area contributed by atoms with Crippen LogP contribution in [-0.2, 0) is 21.2 Å². The molecule has 3 N–H and O–H groups in total. The Labute approximate surface area is 138 Å². The van der Waals surface area contributed by atoms with Gasteiger partial charge in [-0.1, -0.05) is 18.6 Å². The molecule has 1 aliphatic carbocycles. The summed E-state index contributed by atoms with van der Waals surface area (Å²) in [6.07, 6.45) is 4.78. The Bertz CT molecular complexity index is 602. The van der Waals surface area contributed by atoms with Crippen molar-refractivity contribution in [2.24, 2.45) is 11.7 Å². The van der Waals surface area contributed by atoms with Crippen molar-refractivity contribution >= 4 is 28.2 Å². The number of benzene rings is 1. The van der Waals surface area contributed by atoms with Crippen molar-refractivity contribution in [2.75, 3.05) is 6.26 Å². The molecule has 0 aliphatic heterocycles. The van der Waals surface area contributed by atoms with Crippen LogP contribution in [0.25, 0.3) is 0 Å². The van der Waals surface area contributed by atoms with Gasteiger partial charge in [-0.25, -0.2) is 8.42 Å². The Morgan fingerprint density at radius 2 is 1.91 bits per heavy atom. The van der Waals surface area contributed by atoms with E-state index in [0.29, 0.717) is 13.0 Å². The molecule has 2 rings (SSSR count). The number of nitrogens with two attached hydrogens (primary N) is 1. The number of carbonyl (C=O) groups is 1. The first-order valence-electron chi connectivity index (χ1n) is 7.17. The van der Waals surface area contributed by atoms with E-state index in [1.807, 2.05) is 0 Å². The Balaban J connectivity index is 0.00000242. The minimum atomic E-state index is -3.17. The van der Waals surface area contributed by atoms with Crippen LogP contribution in [0.3, 0.4) is 0 Å². The summed E-state index contributed by atoms with van der Waals surface area (Å²) in [5.41, 5.74) is 6.84. The monoisotopic (exact) mass is 346 g/mol. The quantitative estimate of drug-likeness (QED) is 0.848. The van der Waals surface area contributed by atoms with Gasteiger partial charge in [-0.2, -0.15) is 0 Å². The highest BCUT2D eigenvalue weighted by Gasteiger charge is 2.25. The second kappa shape index (κ2) is 7.94. The zero-order valence-corrected chi connectivity index (χ0v) is 14.3. The summed E-state index contributed by atoms with van der Waals surface area (Å²) in [6.45, 7) is 0.408. The van der Waals surface area contributed by atoms with Gasteiger partial charge in [0.25, 0.3) is 0 Å². The second-order valence-corrected chi connectivity index (χ2v) is 7.77. The number of sulfone groups is 1. The van der Waals surface area contributed by atoms with Crippen LogP contribution in [0.15, 0.2) is 29.2 Å². The minimum absolute atomic E-state index is 0. The number of hydrogen-bond donors (Lipinski definition) is 2. The number of amides is 1. The molecular formula is C15H23ClN2O3S. The Hall–Kier alpha value is -1.11. The lowest BCUT2D eigenvalue weighted by atomic mass is 10.00. The van der Waals surface area contributed by atoms with Gasteiger partial charge in [-0.05, 0) is 36.5 Å². The number of rotatable bonds is 5. The van der Waals surface area contributed by atoms with Gasteiger partial charge in [0.15, 0.2) is 9.84 Å². The molecule has 5 nitrogen and oxygen atoms in total. The van der Waals surface area contributed by atoms with Crippen LogP contribution in [0.5, 0.6) is 0 Å². The number of hydrogen-bond acceptors (Lipinski definition) is 4. The molecule has 1 aromatic carbocycles. The lowest BCUT2D eigenvalue weighted by Gasteiger charge is -2.14. The van der Waals surface area contributed by atoms with Crippen molar-refractivity contribution in [3.8, 4) is 0 Å². The Kier molecular flexibility index (Phi) is 6.84. The molecule has 22 heavy (non-hydrogen) atoms. The van der Waals surface area contributed by atoms with Gasteiger partial charge in [-0.3, -0.25) is 4.79 Å². The van der Waals surface area contributed by atoms with E-state index in [-0.39, 0.29) is 35.2 Å². The molecule has 0 radical (unpaired) electrons. The lowest BCUT2D eigenvalue weighted by Crippen LogP contribution is -2.31. The van der Waals surface area contributed by atoms with Crippen molar-refractivity contribution in [3.05, 3.63) is 29.8 Å². The molecule has 1 amide bonds. The highest BCUT2D eigenvalue weighted by atomic mass is 35.5. The van der Waals surface area contributed by atoms with Crippen molar-refractivity contribution in [1.82, 2.24) is 5.32 Å². The minimum Gasteiger partial charge on any atom is -0.352 e. The number of nitrogens with one attached hydrogen (secondary N) is 1. The van der Waals surface area contributed by atoms with Crippen LogP contribution in [0.1, 0.15) is 31.2 Å². The molecule has 0 spiro atoms. The van der Waals surface area contributed by atoms with Gasteiger partial charge in [-0.15, -0.1) is 12.4 Å². The van der Waals surface area contributed by atoms with Crippen LogP contribution in [0.4, 0.5) is 0 Å². The summed E-state index contributed by atoms with van der Waals surface area (Å²) in [5, 5.41) is 2.86. The zero-order chi connectivity index (χ0) is 15.5. The van der Waals surface area contributed by atoms with Gasteiger partial charge in [0.2, 0.25) is 5.91 Å². The molecule has 1 saturated carbocycles. The molecule has 1 aliphatic rings. The molecule has 1 fully saturated rings. The van der Waals surface area contributed by atoms with E-state index in [4.69, 9.17) is 5.73 Å². The average Bonchev–Trinajstić information content (AvgIpc) is 2.81. The average molecular weight is 347 g/mol. The fraction of sp³-hybridized carbons (Fsp3) is 0.533. The highest BCUT2D eigenvalue weighted by Crippen LogP contribution is 2.26. The molecule has 0 bridgehead atoms. The summed E-state index contributed by atoms with van der Waals surface area (Å²) < 4.78 is 22.7. The first kappa shape index (κ1) is 18.9. The van der Waals surface area contributed by atoms with E-state index in [9.17, 15) is 13.2 Å². The topological polar surface area (TPSA) is 89.3 Å². The molecule has 0 aromatic heterocycles. The van der Waals surface area contributed by atoms with Crippen molar-refractivity contribution in [2.45, 2.75) is 43.2 Å². The maximum absolute atomic E-state index is 11.9. The zero-order valence-electron chi connectivity index (χ0n) is 12.6. The van der Waals surface area contributed by atoms with Crippen LogP contribution < -0.4 is 11.1 Å². The third-order valence-electron chi connectivity index (χ3n) is 4.01. The molecular weight excluding hydrogens is 324 g/mol. The second-order valence-electron chi connectivity index (χ2n) is 5.75. The van der Waals surface area contributed by atoms with E-state index < -0.39 is 9.84 Å². The Morgan fingerprint density at radius 3 is 2.41 bits per heavy atom. The molecule has 0 heterocycles. The van der Waals surface area contributed by atoms with Crippen LogP contribution in [-0.4, -0.2) is 26.6 Å². The summed E-state index contributed by atoms with van der Waals surface area (Å²) >= 11 is 0. The largest absolute Gasteiger partial charge is 0.352 e. The number of carbonyl (C=O) groups excluding carboxylic acids is 1. The maximum atomic E-state index is 11.9. The van der Waals surface area contributed by atoms with Gasteiger partial charge >= 0.3 is 0 Å². The van der Waals surface area contributed by atoms with E-state index >= 15 is 0 Å². The molecule has 0 saturated heterocycles. The first-order valence-corrected chi connectivity index (χ1v) is 9.06. The Morgan fingerprint density at radius 1 is 1.27 bits per heavy atom. The smallest absolute Gasteiger partial charge is 0.220 e. The van der Waals surface area contributed by atoms with E-state index in [1.54, 1.807) is 24.3 Å². The van der Waals surface area contributed by atoms with Gasteiger partial charge < -0.3 is 11.1 Å². The standard InChI is InChI=1S/C15H22N2O3S.ClH/c1-21(19,20)13-7-5-11(6-8-13)10-17-15(18)9-12-3-2-4-14(12)16;/h5-8,12,14H,2-4,9-10,16H2,1H3,(H,17,18);1H/t12-,14+;/m0./s1. The fourth-order valence-electron chi connectivity index (χ4n) is 2.68. The normalized spacial score (nSPS) is 21.2. The predicted octanol–water partition coefficient (Wildman–Crippen LogP) is 1.65. The van der Waals surface area contributed by atoms with Gasteiger partial charge in [0.05, 0.1) is 4.90 Å². The molecule has 1 aromatic rings. The third-order valence-corrected chi connectivity index (χ3v) is 5.14. The maximum Gasteiger partial charge on any atom is 0.220 e. The third kappa shape index (κ3) is 5.26. The van der Waals surface area contributed by atoms with Crippen LogP contribution in [0.2, 0.25) is 0 Å². The molecule has 7 heteroatoms. The summed E-state index contributed by atoms with van der Waals surface area (Å²) in [4.78, 5) is 12.2. The van der Waals surface area contributed by atoms with Crippen molar-refractivity contribution in [3.63, 3.8) is 0 Å². The van der Waals surface area contributed by atoms with Gasteiger partial charge in [0, 0.05) is 25.3 Å². The summed E-state index contributed by atoms with van der Waals surface area (Å²) in [7, 11) is -3.17. The van der Waals surface area contributed by atoms with Crippen LogP contribution in [0, 0.1) is 5.92 Å². The molecule has 2 atom stereocenters. The van der Waals surface area contributed by atoms with Gasteiger partial charge in [0.1, 0.15) is 0 Å². The lowest BCUT2D eigenvalue weighted by molar-refractivity contribution is -0.122. The summed E-state index contributed by atoms with van der Waals surface area (Å²) in [5.74, 6) is 0.294. The van der Waals surface area contributed by atoms with Crippen molar-refractivity contribution in [1.29, 1.82) is 0 Å². The van der Waals surface area contributed by atoms with E-state index in [1.165, 1.54) is 6.26 Å². The first-order chi connectivity index (χ1) is 9.86. The van der Waals surface area contributed by atoms with E-state index in [2.05, 4.69) is 5.32 Å². The number of halogens is 1. The fourth-order valence-corrected chi connectivity index (χ4v) is 3.31. The predicted molar refractivity (Wildman–Crippen MR) is 88.6 cm³/mol. The molecule has 0 unspecified atom stereocenters. The highest BCUT2D eigenvalue weighted by molar-refractivity contribution is 7.90. The van der Waals surface area contributed by atoms with E-state index in [0.717, 1.165) is 24.8 Å². The van der Waals surface area contributed by atoms with Crippen LogP contribution >= 0.6 is 12.4 Å². The molecule has 124 valence electrons.